The Morgan fingerprint density at radius 3 is 2.59 bits per heavy atom. The molecule has 1 N–H and O–H groups in total. The highest BCUT2D eigenvalue weighted by Gasteiger charge is 2.26. The Morgan fingerprint density at radius 2 is 1.95 bits per heavy atom. The molecule has 120 valence electrons. The molecule has 22 heavy (non-hydrogen) atoms. The van der Waals surface area contributed by atoms with E-state index in [-0.39, 0.29) is 17.7 Å². The second-order valence-electron chi connectivity index (χ2n) is 6.73. The van der Waals surface area contributed by atoms with Crippen LogP contribution in [-0.2, 0) is 22.6 Å². The molecule has 1 heterocycles. The average Bonchev–Trinajstić information content (AvgIpc) is 2.86. The molecule has 0 unspecified atom stereocenters. The van der Waals surface area contributed by atoms with E-state index in [0.29, 0.717) is 18.9 Å². The number of anilines is 1. The van der Waals surface area contributed by atoms with Crippen LogP contribution in [-0.4, -0.2) is 18.4 Å². The lowest BCUT2D eigenvalue weighted by atomic mass is 10.1. The SMILES string of the molecule is CC(C)CC(=O)NCc1ccc2c(c1)CCN2C(=O)C(C)C. The quantitative estimate of drug-likeness (QED) is 0.909. The van der Waals surface area contributed by atoms with Crippen molar-refractivity contribution in [3.63, 3.8) is 0 Å². The summed E-state index contributed by atoms with van der Waals surface area (Å²) in [5, 5.41) is 2.95. The largest absolute Gasteiger partial charge is 0.352 e. The van der Waals surface area contributed by atoms with Gasteiger partial charge in [0.1, 0.15) is 0 Å². The van der Waals surface area contributed by atoms with Gasteiger partial charge in [-0.2, -0.15) is 0 Å². The molecule has 0 radical (unpaired) electrons. The van der Waals surface area contributed by atoms with Crippen LogP contribution in [0.5, 0.6) is 0 Å². The molecule has 0 bridgehead atoms. The Balaban J connectivity index is 2.01. The van der Waals surface area contributed by atoms with Gasteiger partial charge in [0.05, 0.1) is 0 Å². The third-order valence-electron chi connectivity index (χ3n) is 3.88. The van der Waals surface area contributed by atoms with Crippen LogP contribution < -0.4 is 10.2 Å². The predicted octanol–water partition coefficient (Wildman–Crippen LogP) is 2.89. The van der Waals surface area contributed by atoms with Crippen molar-refractivity contribution in [1.29, 1.82) is 0 Å². The van der Waals surface area contributed by atoms with Gasteiger partial charge >= 0.3 is 0 Å². The summed E-state index contributed by atoms with van der Waals surface area (Å²) in [5.74, 6) is 0.653. The maximum atomic E-state index is 12.2. The van der Waals surface area contributed by atoms with E-state index in [0.717, 1.165) is 24.2 Å². The van der Waals surface area contributed by atoms with E-state index < -0.39 is 0 Å². The van der Waals surface area contributed by atoms with E-state index >= 15 is 0 Å². The van der Waals surface area contributed by atoms with Crippen LogP contribution in [0, 0.1) is 11.8 Å². The minimum atomic E-state index is 0.0148. The third kappa shape index (κ3) is 3.87. The first-order chi connectivity index (χ1) is 10.4. The summed E-state index contributed by atoms with van der Waals surface area (Å²) in [6.45, 7) is 9.25. The maximum Gasteiger partial charge on any atom is 0.229 e. The van der Waals surface area contributed by atoms with Crippen molar-refractivity contribution >= 4 is 17.5 Å². The molecule has 0 spiro atoms. The van der Waals surface area contributed by atoms with Gasteiger partial charge in [-0.3, -0.25) is 9.59 Å². The molecule has 0 atom stereocenters. The molecule has 0 saturated heterocycles. The number of rotatable bonds is 5. The van der Waals surface area contributed by atoms with E-state index in [1.54, 1.807) is 0 Å². The second-order valence-corrected chi connectivity index (χ2v) is 6.73. The van der Waals surface area contributed by atoms with Crippen LogP contribution >= 0.6 is 0 Å². The second kappa shape index (κ2) is 6.95. The first kappa shape index (κ1) is 16.5. The molecule has 1 aliphatic rings. The molecule has 0 fully saturated rings. The van der Waals surface area contributed by atoms with Crippen molar-refractivity contribution in [3.05, 3.63) is 29.3 Å². The summed E-state index contributed by atoms with van der Waals surface area (Å²) >= 11 is 0. The van der Waals surface area contributed by atoms with Crippen molar-refractivity contribution < 1.29 is 9.59 Å². The maximum absolute atomic E-state index is 12.2. The highest BCUT2D eigenvalue weighted by molar-refractivity contribution is 5.96. The highest BCUT2D eigenvalue weighted by Crippen LogP contribution is 2.30. The fraction of sp³-hybridized carbons (Fsp3) is 0.556. The summed E-state index contributed by atoms with van der Waals surface area (Å²) in [7, 11) is 0. The lowest BCUT2D eigenvalue weighted by Gasteiger charge is -2.19. The van der Waals surface area contributed by atoms with Gasteiger partial charge in [0.2, 0.25) is 11.8 Å². The summed E-state index contributed by atoms with van der Waals surface area (Å²) in [6.07, 6.45) is 1.45. The van der Waals surface area contributed by atoms with Crippen LogP contribution in [0.15, 0.2) is 18.2 Å². The van der Waals surface area contributed by atoms with Crippen molar-refractivity contribution in [2.24, 2.45) is 11.8 Å². The van der Waals surface area contributed by atoms with Gasteiger partial charge in [-0.1, -0.05) is 39.8 Å². The van der Waals surface area contributed by atoms with Gasteiger partial charge in [-0.15, -0.1) is 0 Å². The summed E-state index contributed by atoms with van der Waals surface area (Å²) < 4.78 is 0. The number of amides is 2. The third-order valence-corrected chi connectivity index (χ3v) is 3.88. The lowest BCUT2D eigenvalue weighted by molar-refractivity contribution is -0.122. The zero-order valence-corrected chi connectivity index (χ0v) is 14.0. The van der Waals surface area contributed by atoms with Crippen LogP contribution in [0.1, 0.15) is 45.2 Å². The molecule has 4 heteroatoms. The number of nitrogens with one attached hydrogen (secondary N) is 1. The average molecular weight is 302 g/mol. The number of fused-ring (bicyclic) bond motifs is 1. The number of benzene rings is 1. The van der Waals surface area contributed by atoms with E-state index in [9.17, 15) is 9.59 Å². The molecule has 0 aliphatic carbocycles. The summed E-state index contributed by atoms with van der Waals surface area (Å²) in [6, 6.07) is 6.12. The molecular formula is C18H26N2O2. The van der Waals surface area contributed by atoms with Crippen molar-refractivity contribution in [2.75, 3.05) is 11.4 Å². The molecule has 0 aromatic heterocycles. The van der Waals surface area contributed by atoms with Crippen molar-refractivity contribution in [3.8, 4) is 0 Å². The summed E-state index contributed by atoms with van der Waals surface area (Å²) in [5.41, 5.74) is 3.32. The molecule has 2 rings (SSSR count). The van der Waals surface area contributed by atoms with Gasteiger partial charge in [-0.25, -0.2) is 0 Å². The minimum Gasteiger partial charge on any atom is -0.352 e. The molecule has 1 aliphatic heterocycles. The Hall–Kier alpha value is -1.84. The van der Waals surface area contributed by atoms with Crippen LogP contribution in [0.25, 0.3) is 0 Å². The Morgan fingerprint density at radius 1 is 1.23 bits per heavy atom. The topological polar surface area (TPSA) is 49.4 Å². The first-order valence-electron chi connectivity index (χ1n) is 8.08. The number of hydrogen-bond donors (Lipinski definition) is 1. The van der Waals surface area contributed by atoms with Gasteiger partial charge in [-0.05, 0) is 29.5 Å². The van der Waals surface area contributed by atoms with Crippen LogP contribution in [0.2, 0.25) is 0 Å². The normalized spacial score (nSPS) is 13.6. The Bertz CT molecular complexity index is 564. The Kier molecular flexibility index (Phi) is 5.22. The van der Waals surface area contributed by atoms with E-state index in [1.165, 1.54) is 5.56 Å². The molecular weight excluding hydrogens is 276 g/mol. The molecule has 4 nitrogen and oxygen atoms in total. The van der Waals surface area contributed by atoms with Gasteiger partial charge in [0.25, 0.3) is 0 Å². The van der Waals surface area contributed by atoms with E-state index in [2.05, 4.69) is 11.4 Å². The minimum absolute atomic E-state index is 0.0148. The highest BCUT2D eigenvalue weighted by atomic mass is 16.2. The molecule has 1 aromatic rings. The number of carbonyl (C=O) groups excluding carboxylic acids is 2. The number of hydrogen-bond acceptors (Lipinski definition) is 2. The fourth-order valence-electron chi connectivity index (χ4n) is 2.75. The standard InChI is InChI=1S/C18H26N2O2/c1-12(2)9-17(21)19-11-14-5-6-16-15(10-14)7-8-20(16)18(22)13(3)4/h5-6,10,12-13H,7-9,11H2,1-4H3,(H,19,21). The van der Waals surface area contributed by atoms with E-state index in [4.69, 9.17) is 0 Å². The fourth-order valence-corrected chi connectivity index (χ4v) is 2.75. The summed E-state index contributed by atoms with van der Waals surface area (Å²) in [4.78, 5) is 25.8. The smallest absolute Gasteiger partial charge is 0.229 e. The molecule has 2 amide bonds. The number of nitrogens with zero attached hydrogens (tertiary/aromatic N) is 1. The first-order valence-corrected chi connectivity index (χ1v) is 8.08. The predicted molar refractivity (Wildman–Crippen MR) is 88.6 cm³/mol. The zero-order chi connectivity index (χ0) is 16.3. The number of carbonyl (C=O) groups is 2. The molecule has 1 aromatic carbocycles. The van der Waals surface area contributed by atoms with Gasteiger partial charge < -0.3 is 10.2 Å². The Labute approximate surface area is 132 Å². The van der Waals surface area contributed by atoms with Crippen LogP contribution in [0.4, 0.5) is 5.69 Å². The van der Waals surface area contributed by atoms with E-state index in [1.807, 2.05) is 44.7 Å². The molecule has 0 saturated carbocycles. The van der Waals surface area contributed by atoms with Crippen molar-refractivity contribution in [2.45, 2.75) is 47.1 Å². The zero-order valence-electron chi connectivity index (χ0n) is 14.0. The van der Waals surface area contributed by atoms with Gasteiger partial charge in [0.15, 0.2) is 0 Å². The lowest BCUT2D eigenvalue weighted by Crippen LogP contribution is -2.32. The van der Waals surface area contributed by atoms with Gasteiger partial charge in [0, 0.05) is 31.1 Å². The van der Waals surface area contributed by atoms with Crippen molar-refractivity contribution in [1.82, 2.24) is 5.32 Å². The monoisotopic (exact) mass is 302 g/mol. The van der Waals surface area contributed by atoms with Crippen LogP contribution in [0.3, 0.4) is 0 Å².